The molecule has 0 amide bonds. The van der Waals surface area contributed by atoms with E-state index in [1.807, 2.05) is 6.92 Å². The van der Waals surface area contributed by atoms with Crippen molar-refractivity contribution in [2.24, 2.45) is 5.92 Å². The third-order valence-electron chi connectivity index (χ3n) is 2.76. The van der Waals surface area contributed by atoms with Gasteiger partial charge in [-0.05, 0) is 25.7 Å². The zero-order valence-corrected chi connectivity index (χ0v) is 8.77. The van der Waals surface area contributed by atoms with Gasteiger partial charge in [0.05, 0.1) is 6.10 Å². The number of aromatic nitrogens is 2. The molecule has 0 aliphatic heterocycles. The third-order valence-corrected chi connectivity index (χ3v) is 2.76. The summed E-state index contributed by atoms with van der Waals surface area (Å²) in [5.74, 6) is 1.64. The average Bonchev–Trinajstić information content (AvgIpc) is 2.16. The average molecular weight is 208 g/mol. The molecule has 1 aromatic rings. The standard InChI is InChI=1S/C10H16N4O/c1-6-4-13-10(11)14-9(6)12-5-7-2-8(15)3-7/h4,7-8,15H,2-3,5H2,1H3,(H3,11,12,13,14). The van der Waals surface area contributed by atoms with E-state index in [1.165, 1.54) is 0 Å². The fraction of sp³-hybridized carbons (Fsp3) is 0.600. The number of rotatable bonds is 3. The number of anilines is 2. The Hall–Kier alpha value is -1.36. The summed E-state index contributed by atoms with van der Waals surface area (Å²) in [6.07, 6.45) is 3.37. The third kappa shape index (κ3) is 2.36. The number of aryl methyl sites for hydroxylation is 1. The van der Waals surface area contributed by atoms with Gasteiger partial charge in [-0.2, -0.15) is 4.98 Å². The molecule has 1 aromatic heterocycles. The Bertz CT molecular complexity index is 349. The first-order chi connectivity index (χ1) is 7.15. The van der Waals surface area contributed by atoms with Gasteiger partial charge in [0.1, 0.15) is 5.82 Å². The Kier molecular flexibility index (Phi) is 2.73. The summed E-state index contributed by atoms with van der Waals surface area (Å²) in [6, 6.07) is 0. The van der Waals surface area contributed by atoms with Crippen molar-refractivity contribution < 1.29 is 5.11 Å². The minimum atomic E-state index is -0.103. The monoisotopic (exact) mass is 208 g/mol. The van der Waals surface area contributed by atoms with Gasteiger partial charge in [-0.15, -0.1) is 0 Å². The predicted molar refractivity (Wildman–Crippen MR) is 58.4 cm³/mol. The van der Waals surface area contributed by atoms with Crippen LogP contribution in [0.4, 0.5) is 11.8 Å². The van der Waals surface area contributed by atoms with Crippen molar-refractivity contribution in [1.29, 1.82) is 0 Å². The molecule has 5 nitrogen and oxygen atoms in total. The molecule has 0 saturated heterocycles. The first-order valence-electron chi connectivity index (χ1n) is 5.16. The Morgan fingerprint density at radius 3 is 3.00 bits per heavy atom. The molecule has 1 aliphatic carbocycles. The first-order valence-corrected chi connectivity index (χ1v) is 5.16. The topological polar surface area (TPSA) is 84.1 Å². The van der Waals surface area contributed by atoms with Crippen LogP contribution in [0.15, 0.2) is 6.20 Å². The highest BCUT2D eigenvalue weighted by atomic mass is 16.3. The Morgan fingerprint density at radius 2 is 2.33 bits per heavy atom. The number of nitrogens with one attached hydrogen (secondary N) is 1. The smallest absolute Gasteiger partial charge is 0.221 e. The van der Waals surface area contributed by atoms with Crippen molar-refractivity contribution in [2.75, 3.05) is 17.6 Å². The van der Waals surface area contributed by atoms with E-state index in [-0.39, 0.29) is 12.1 Å². The van der Waals surface area contributed by atoms with Gasteiger partial charge in [-0.1, -0.05) is 0 Å². The van der Waals surface area contributed by atoms with Gasteiger partial charge in [0.15, 0.2) is 0 Å². The number of aliphatic hydroxyl groups is 1. The fourth-order valence-electron chi connectivity index (χ4n) is 1.74. The van der Waals surface area contributed by atoms with Crippen molar-refractivity contribution in [1.82, 2.24) is 9.97 Å². The van der Waals surface area contributed by atoms with Crippen LogP contribution >= 0.6 is 0 Å². The van der Waals surface area contributed by atoms with Crippen molar-refractivity contribution in [3.8, 4) is 0 Å². The Balaban J connectivity index is 1.90. The first kappa shape index (κ1) is 10.2. The van der Waals surface area contributed by atoms with Crippen molar-refractivity contribution >= 4 is 11.8 Å². The molecule has 0 spiro atoms. The molecule has 0 bridgehead atoms. The van der Waals surface area contributed by atoms with Gasteiger partial charge in [-0.3, -0.25) is 0 Å². The summed E-state index contributed by atoms with van der Waals surface area (Å²) < 4.78 is 0. The summed E-state index contributed by atoms with van der Waals surface area (Å²) in [6.45, 7) is 2.78. The zero-order valence-electron chi connectivity index (χ0n) is 8.77. The lowest BCUT2D eigenvalue weighted by molar-refractivity contribution is 0.0486. The van der Waals surface area contributed by atoms with E-state index in [9.17, 15) is 0 Å². The van der Waals surface area contributed by atoms with E-state index in [2.05, 4.69) is 15.3 Å². The van der Waals surface area contributed by atoms with Gasteiger partial charge in [-0.25, -0.2) is 4.98 Å². The van der Waals surface area contributed by atoms with E-state index in [0.29, 0.717) is 5.92 Å². The number of nitrogen functional groups attached to an aromatic ring is 1. The molecule has 82 valence electrons. The highest BCUT2D eigenvalue weighted by Crippen LogP contribution is 2.27. The molecule has 1 saturated carbocycles. The lowest BCUT2D eigenvalue weighted by Gasteiger charge is -2.31. The number of nitrogens with two attached hydrogens (primary N) is 1. The molecule has 0 unspecified atom stereocenters. The van der Waals surface area contributed by atoms with Gasteiger partial charge in [0.2, 0.25) is 5.95 Å². The summed E-state index contributed by atoms with van der Waals surface area (Å²) in [4.78, 5) is 8.01. The minimum Gasteiger partial charge on any atom is -0.393 e. The molecular weight excluding hydrogens is 192 g/mol. The number of hydrogen-bond donors (Lipinski definition) is 3. The predicted octanol–water partition coefficient (Wildman–Crippen LogP) is 0.550. The van der Waals surface area contributed by atoms with Gasteiger partial charge < -0.3 is 16.2 Å². The van der Waals surface area contributed by atoms with Crippen LogP contribution in [-0.4, -0.2) is 27.7 Å². The highest BCUT2D eigenvalue weighted by Gasteiger charge is 2.26. The molecule has 5 heteroatoms. The largest absolute Gasteiger partial charge is 0.393 e. The quantitative estimate of drug-likeness (QED) is 0.675. The maximum Gasteiger partial charge on any atom is 0.221 e. The van der Waals surface area contributed by atoms with Crippen molar-refractivity contribution in [3.63, 3.8) is 0 Å². The minimum absolute atomic E-state index is 0.103. The SMILES string of the molecule is Cc1cnc(N)nc1NCC1CC(O)C1. The lowest BCUT2D eigenvalue weighted by Crippen LogP contribution is -2.33. The number of nitrogens with zero attached hydrogens (tertiary/aromatic N) is 2. The maximum absolute atomic E-state index is 9.14. The molecular formula is C10H16N4O. The molecule has 0 atom stereocenters. The van der Waals surface area contributed by atoms with Gasteiger partial charge in [0, 0.05) is 18.3 Å². The molecule has 2 rings (SSSR count). The highest BCUT2D eigenvalue weighted by molar-refractivity contribution is 5.45. The lowest BCUT2D eigenvalue weighted by atomic mass is 9.82. The summed E-state index contributed by atoms with van der Waals surface area (Å²) in [5.41, 5.74) is 6.49. The van der Waals surface area contributed by atoms with Crippen molar-refractivity contribution in [3.05, 3.63) is 11.8 Å². The van der Waals surface area contributed by atoms with Crippen LogP contribution in [-0.2, 0) is 0 Å². The molecule has 4 N–H and O–H groups in total. The second-order valence-electron chi connectivity index (χ2n) is 4.13. The Labute approximate surface area is 88.7 Å². The molecule has 0 radical (unpaired) electrons. The van der Waals surface area contributed by atoms with Crippen molar-refractivity contribution in [2.45, 2.75) is 25.9 Å². The molecule has 1 aliphatic rings. The number of hydrogen-bond acceptors (Lipinski definition) is 5. The second kappa shape index (κ2) is 4.02. The number of aliphatic hydroxyl groups excluding tert-OH is 1. The summed E-state index contributed by atoms with van der Waals surface area (Å²) in [7, 11) is 0. The summed E-state index contributed by atoms with van der Waals surface area (Å²) >= 11 is 0. The zero-order chi connectivity index (χ0) is 10.8. The molecule has 1 fully saturated rings. The van der Waals surface area contributed by atoms with Crippen LogP contribution < -0.4 is 11.1 Å². The van der Waals surface area contributed by atoms with Gasteiger partial charge >= 0.3 is 0 Å². The maximum atomic E-state index is 9.14. The van der Waals surface area contributed by atoms with Crippen LogP contribution in [0.1, 0.15) is 18.4 Å². The van der Waals surface area contributed by atoms with Crippen LogP contribution in [0.25, 0.3) is 0 Å². The van der Waals surface area contributed by atoms with E-state index < -0.39 is 0 Å². The van der Waals surface area contributed by atoms with E-state index in [1.54, 1.807) is 6.20 Å². The Morgan fingerprint density at radius 1 is 1.60 bits per heavy atom. The van der Waals surface area contributed by atoms with Gasteiger partial charge in [0.25, 0.3) is 0 Å². The molecule has 0 aromatic carbocycles. The fourth-order valence-corrected chi connectivity index (χ4v) is 1.74. The van der Waals surface area contributed by atoms with E-state index in [0.717, 1.165) is 30.8 Å². The second-order valence-corrected chi connectivity index (χ2v) is 4.13. The van der Waals surface area contributed by atoms with Crippen LogP contribution in [0.3, 0.4) is 0 Å². The molecule has 15 heavy (non-hydrogen) atoms. The van der Waals surface area contributed by atoms with Crippen LogP contribution in [0, 0.1) is 12.8 Å². The summed E-state index contributed by atoms with van der Waals surface area (Å²) in [5, 5.41) is 12.4. The van der Waals surface area contributed by atoms with Crippen LogP contribution in [0.5, 0.6) is 0 Å². The van der Waals surface area contributed by atoms with Crippen LogP contribution in [0.2, 0.25) is 0 Å². The molecule has 1 heterocycles. The van der Waals surface area contributed by atoms with E-state index >= 15 is 0 Å². The normalized spacial score (nSPS) is 24.7. The van der Waals surface area contributed by atoms with E-state index in [4.69, 9.17) is 10.8 Å².